The zero-order chi connectivity index (χ0) is 25.5. The summed E-state index contributed by atoms with van der Waals surface area (Å²) in [6.45, 7) is 3.74. The van der Waals surface area contributed by atoms with Crippen molar-refractivity contribution in [3.63, 3.8) is 0 Å². The quantitative estimate of drug-likeness (QED) is 0.287. The third-order valence-electron chi connectivity index (χ3n) is 5.78. The number of hydrogen-bond acceptors (Lipinski definition) is 6. The second-order valence-corrected chi connectivity index (χ2v) is 8.69. The molecule has 1 unspecified atom stereocenters. The minimum atomic E-state index is -1.39. The molecule has 0 spiro atoms. The number of aliphatic hydroxyl groups excluding tert-OH is 2. The molecule has 186 valence electrons. The number of carbonyl (C=O) groups is 1. The van der Waals surface area contributed by atoms with Crippen LogP contribution in [-0.4, -0.2) is 42.1 Å². The molecule has 0 aliphatic carbocycles. The first-order valence-electron chi connectivity index (χ1n) is 11.4. The third kappa shape index (κ3) is 8.05. The Hall–Kier alpha value is -2.42. The number of hydrogen-bond donors (Lipinski definition) is 2. The monoisotopic (exact) mass is 504 g/mol. The fraction of sp³-hybridized carbons (Fsp3) is 0.321. The maximum atomic E-state index is 13.7. The Balaban J connectivity index is 0.00000456. The van der Waals surface area contributed by atoms with Crippen molar-refractivity contribution in [1.29, 1.82) is 0 Å². The van der Waals surface area contributed by atoms with Crippen molar-refractivity contribution in [2.24, 2.45) is 0 Å². The van der Waals surface area contributed by atoms with Crippen molar-refractivity contribution < 1.29 is 63.5 Å². The second-order valence-electron chi connectivity index (χ2n) is 8.69. The minimum absolute atomic E-state index is 0. The predicted octanol–water partition coefficient (Wildman–Crippen LogP) is 0.266. The summed E-state index contributed by atoms with van der Waals surface area (Å²) in [4.78, 5) is 10.7. The zero-order valence-electron chi connectivity index (χ0n) is 21.0. The van der Waals surface area contributed by atoms with Crippen LogP contribution in [0.15, 0.2) is 60.7 Å². The fourth-order valence-electron chi connectivity index (χ4n) is 4.24. The van der Waals surface area contributed by atoms with Crippen LogP contribution in [0.3, 0.4) is 0 Å². The van der Waals surface area contributed by atoms with Gasteiger partial charge in [0.15, 0.2) is 0 Å². The minimum Gasteiger partial charge on any atom is -0.550 e. The summed E-state index contributed by atoms with van der Waals surface area (Å²) >= 11 is 0. The van der Waals surface area contributed by atoms with Gasteiger partial charge in [0.25, 0.3) is 0 Å². The number of benzene rings is 3. The van der Waals surface area contributed by atoms with Gasteiger partial charge in [-0.05, 0) is 54.8 Å². The zero-order valence-corrected chi connectivity index (χ0v) is 23.0. The molecule has 3 aromatic rings. The molecule has 0 fully saturated rings. The number of methoxy groups -OCH3 is 1. The van der Waals surface area contributed by atoms with Gasteiger partial charge in [-0.25, -0.2) is 4.39 Å². The Morgan fingerprint density at radius 2 is 1.56 bits per heavy atom. The maximum absolute atomic E-state index is 13.7. The van der Waals surface area contributed by atoms with Crippen LogP contribution in [0.25, 0.3) is 0 Å². The number of carboxylic acids is 1. The summed E-state index contributed by atoms with van der Waals surface area (Å²) in [7, 11) is 1.59. The molecule has 0 saturated heterocycles. The number of aliphatic carboxylic acids is 1. The van der Waals surface area contributed by atoms with Crippen LogP contribution in [0.5, 0.6) is 11.5 Å². The number of aryl methyl sites for hydroxylation is 2. The average Bonchev–Trinajstić information content (AvgIpc) is 2.79. The number of carboxylic acid groups (broad SMARTS) is 1. The molecule has 36 heavy (non-hydrogen) atoms. The van der Waals surface area contributed by atoms with Crippen molar-refractivity contribution in [2.75, 3.05) is 13.7 Å². The smallest absolute Gasteiger partial charge is 0.550 e. The molecule has 0 heterocycles. The van der Waals surface area contributed by atoms with Gasteiger partial charge in [0, 0.05) is 30.3 Å². The number of ether oxygens (including phenoxy) is 2. The molecule has 6 nitrogen and oxygen atoms in total. The van der Waals surface area contributed by atoms with E-state index < -0.39 is 24.6 Å². The van der Waals surface area contributed by atoms with Gasteiger partial charge < -0.3 is 29.6 Å². The number of rotatable bonds is 11. The maximum Gasteiger partial charge on any atom is 1.00 e. The van der Waals surface area contributed by atoms with Crippen LogP contribution < -0.4 is 44.1 Å². The van der Waals surface area contributed by atoms with E-state index in [1.807, 2.05) is 50.2 Å². The molecule has 2 N–H and O–H groups in total. The van der Waals surface area contributed by atoms with Crippen LogP contribution in [0.4, 0.5) is 4.39 Å². The SMILES string of the molecule is COc1ccc(C(c2ccc(F)cc2)c2cc(C)cc(C)c2OC[C@@H](O)C[C@@H](O)CC(=O)[O-])cc1.[Na+]. The standard InChI is InChI=1S/C28H31FO6.Na/c1-17-12-18(2)28(35-16-23(31)14-22(30)15-26(32)33)25(13-17)27(19-4-8-21(29)9-5-19)20-6-10-24(34-3)11-7-20;/h4-13,22-23,27,30-31H,14-16H2,1-3H3,(H,32,33);/q;+1/p-1/t22-,23+,27?;/m1./s1. The summed E-state index contributed by atoms with van der Waals surface area (Å²) in [6, 6.07) is 17.9. The first-order chi connectivity index (χ1) is 16.7. The van der Waals surface area contributed by atoms with Crippen LogP contribution in [-0.2, 0) is 4.79 Å². The molecule has 8 heteroatoms. The van der Waals surface area contributed by atoms with Gasteiger partial charge in [0.1, 0.15) is 23.9 Å². The summed E-state index contributed by atoms with van der Waals surface area (Å²) in [5.74, 6) is -0.742. The number of carbonyl (C=O) groups excluding carboxylic acids is 1. The van der Waals surface area contributed by atoms with Crippen LogP contribution in [0, 0.1) is 19.7 Å². The van der Waals surface area contributed by atoms with E-state index in [0.29, 0.717) is 11.5 Å². The van der Waals surface area contributed by atoms with Gasteiger partial charge in [-0.2, -0.15) is 0 Å². The summed E-state index contributed by atoms with van der Waals surface area (Å²) in [6.07, 6.45) is -3.03. The second kappa shape index (κ2) is 13.8. The number of halogens is 1. The van der Waals surface area contributed by atoms with E-state index in [4.69, 9.17) is 9.47 Å². The molecule has 3 aromatic carbocycles. The van der Waals surface area contributed by atoms with Gasteiger partial charge in [-0.1, -0.05) is 42.0 Å². The van der Waals surface area contributed by atoms with E-state index in [2.05, 4.69) is 0 Å². The summed E-state index contributed by atoms with van der Waals surface area (Å²) in [5.41, 5.74) is 4.49. The van der Waals surface area contributed by atoms with E-state index >= 15 is 0 Å². The molecular formula is C28H30FNaO6. The molecule has 3 atom stereocenters. The topological polar surface area (TPSA) is 99.1 Å². The molecule has 0 aliphatic heterocycles. The normalized spacial score (nSPS) is 13.3. The van der Waals surface area contributed by atoms with Crippen LogP contribution in [0.1, 0.15) is 46.6 Å². The Bertz CT molecular complexity index is 1130. The largest absolute Gasteiger partial charge is 1.00 e. The van der Waals surface area contributed by atoms with Crippen molar-refractivity contribution in [3.05, 3.63) is 94.3 Å². The van der Waals surface area contributed by atoms with E-state index in [1.54, 1.807) is 19.2 Å². The van der Waals surface area contributed by atoms with Gasteiger partial charge in [0.2, 0.25) is 0 Å². The van der Waals surface area contributed by atoms with E-state index in [-0.39, 0.29) is 54.3 Å². The molecule has 0 aliphatic rings. The molecule has 0 saturated carbocycles. The number of aliphatic hydroxyl groups is 2. The molecular weight excluding hydrogens is 474 g/mol. The van der Waals surface area contributed by atoms with E-state index in [9.17, 15) is 24.5 Å². The molecule has 0 amide bonds. The van der Waals surface area contributed by atoms with Crippen molar-refractivity contribution >= 4 is 5.97 Å². The van der Waals surface area contributed by atoms with Crippen LogP contribution in [0.2, 0.25) is 0 Å². The van der Waals surface area contributed by atoms with E-state index in [0.717, 1.165) is 27.8 Å². The first-order valence-corrected chi connectivity index (χ1v) is 11.4. The summed E-state index contributed by atoms with van der Waals surface area (Å²) < 4.78 is 25.1. The Labute approximate surface area is 233 Å². The molecule has 0 bridgehead atoms. The molecule has 3 rings (SSSR count). The van der Waals surface area contributed by atoms with Gasteiger partial charge in [-0.15, -0.1) is 0 Å². The van der Waals surface area contributed by atoms with Crippen molar-refractivity contribution in [3.8, 4) is 11.5 Å². The van der Waals surface area contributed by atoms with Crippen molar-refractivity contribution in [2.45, 2.75) is 44.8 Å². The van der Waals surface area contributed by atoms with Crippen LogP contribution >= 0.6 is 0 Å². The Morgan fingerprint density at radius 1 is 0.972 bits per heavy atom. The van der Waals surface area contributed by atoms with Gasteiger partial charge in [-0.3, -0.25) is 0 Å². The Morgan fingerprint density at radius 3 is 2.11 bits per heavy atom. The van der Waals surface area contributed by atoms with Gasteiger partial charge >= 0.3 is 29.6 Å². The fourth-order valence-corrected chi connectivity index (χ4v) is 4.24. The average molecular weight is 505 g/mol. The first kappa shape index (κ1) is 29.8. The van der Waals surface area contributed by atoms with Crippen molar-refractivity contribution in [1.82, 2.24) is 0 Å². The third-order valence-corrected chi connectivity index (χ3v) is 5.78. The molecule has 0 radical (unpaired) electrons. The molecule has 0 aromatic heterocycles. The van der Waals surface area contributed by atoms with Gasteiger partial charge in [0.05, 0.1) is 19.3 Å². The summed E-state index contributed by atoms with van der Waals surface area (Å²) in [5, 5.41) is 30.8. The van der Waals surface area contributed by atoms with E-state index in [1.165, 1.54) is 12.1 Å². The Kier molecular flexibility index (Phi) is 11.4. The predicted molar refractivity (Wildman–Crippen MR) is 128 cm³/mol.